The number of carbonyl (C=O) groups is 2. The maximum absolute atomic E-state index is 11.9. The zero-order valence-corrected chi connectivity index (χ0v) is 11.5. The maximum Gasteiger partial charge on any atom is 0.332 e. The van der Waals surface area contributed by atoms with Crippen LogP contribution in [-0.4, -0.2) is 77.9 Å². The molecule has 1 saturated heterocycles. The van der Waals surface area contributed by atoms with E-state index in [-0.39, 0.29) is 19.0 Å². The van der Waals surface area contributed by atoms with E-state index < -0.39 is 12.1 Å². The molecule has 0 aromatic carbocycles. The number of aliphatic carboxylic acids is 1. The van der Waals surface area contributed by atoms with Crippen molar-refractivity contribution in [1.82, 2.24) is 15.1 Å². The summed E-state index contributed by atoms with van der Waals surface area (Å²) in [7, 11) is 3.99. The van der Waals surface area contributed by atoms with Gasteiger partial charge in [0, 0.05) is 32.1 Å². The summed E-state index contributed by atoms with van der Waals surface area (Å²) in [5, 5.41) is 20.2. The van der Waals surface area contributed by atoms with Crippen LogP contribution in [0.25, 0.3) is 0 Å². The van der Waals surface area contributed by atoms with Crippen LogP contribution in [-0.2, 0) is 4.79 Å². The minimum Gasteiger partial charge on any atom is -0.479 e. The van der Waals surface area contributed by atoms with Crippen molar-refractivity contribution in [3.05, 3.63) is 0 Å². The predicted octanol–water partition coefficient (Wildman–Crippen LogP) is -0.442. The van der Waals surface area contributed by atoms with Gasteiger partial charge >= 0.3 is 12.0 Å². The molecule has 7 nitrogen and oxygen atoms in total. The number of aliphatic hydroxyl groups excluding tert-OH is 1. The highest BCUT2D eigenvalue weighted by atomic mass is 16.4. The Bertz CT molecular complexity index is 322. The molecule has 2 unspecified atom stereocenters. The Labute approximate surface area is 113 Å². The summed E-state index contributed by atoms with van der Waals surface area (Å²) in [4.78, 5) is 26.1. The number of carboxylic acids is 1. The Balaban J connectivity index is 2.31. The second kappa shape index (κ2) is 7.30. The summed E-state index contributed by atoms with van der Waals surface area (Å²) in [5.41, 5.74) is 0. The lowest BCUT2D eigenvalue weighted by atomic mass is 10.1. The Morgan fingerprint density at radius 3 is 2.74 bits per heavy atom. The van der Waals surface area contributed by atoms with Gasteiger partial charge in [-0.05, 0) is 26.9 Å². The predicted molar refractivity (Wildman–Crippen MR) is 69.9 cm³/mol. The summed E-state index contributed by atoms with van der Waals surface area (Å²) in [5.74, 6) is -1.26. The average molecular weight is 273 g/mol. The minimum absolute atomic E-state index is 0.0199. The SMILES string of the molecule is CN(C)C1CCCN(C(=O)NCCC(O)C(=O)O)C1. The third-order valence-corrected chi connectivity index (χ3v) is 3.39. The first-order valence-corrected chi connectivity index (χ1v) is 6.52. The van der Waals surface area contributed by atoms with E-state index in [1.54, 1.807) is 4.90 Å². The third kappa shape index (κ3) is 5.04. The van der Waals surface area contributed by atoms with Crippen LogP contribution in [0, 0.1) is 0 Å². The van der Waals surface area contributed by atoms with Gasteiger partial charge in [-0.25, -0.2) is 9.59 Å². The normalized spacial score (nSPS) is 21.3. The van der Waals surface area contributed by atoms with Gasteiger partial charge in [0.25, 0.3) is 0 Å². The van der Waals surface area contributed by atoms with Crippen LogP contribution in [0.4, 0.5) is 4.79 Å². The molecular formula is C12H23N3O4. The number of piperidine rings is 1. The van der Waals surface area contributed by atoms with Crippen LogP contribution in [0.2, 0.25) is 0 Å². The molecule has 1 aliphatic rings. The van der Waals surface area contributed by atoms with Crippen molar-refractivity contribution in [2.75, 3.05) is 33.7 Å². The second-order valence-corrected chi connectivity index (χ2v) is 5.08. The Morgan fingerprint density at radius 2 is 2.16 bits per heavy atom. The molecule has 0 aromatic heterocycles. The lowest BCUT2D eigenvalue weighted by Gasteiger charge is -2.36. The lowest BCUT2D eigenvalue weighted by Crippen LogP contribution is -2.51. The van der Waals surface area contributed by atoms with Gasteiger partial charge in [0.15, 0.2) is 6.10 Å². The van der Waals surface area contributed by atoms with Gasteiger partial charge in [-0.2, -0.15) is 0 Å². The summed E-state index contributed by atoms with van der Waals surface area (Å²) < 4.78 is 0. The monoisotopic (exact) mass is 273 g/mol. The highest BCUT2D eigenvalue weighted by molar-refractivity contribution is 5.75. The third-order valence-electron chi connectivity index (χ3n) is 3.39. The van der Waals surface area contributed by atoms with Gasteiger partial charge in [0.2, 0.25) is 0 Å². The molecule has 110 valence electrons. The van der Waals surface area contributed by atoms with Crippen LogP contribution in [0.3, 0.4) is 0 Å². The number of hydrogen-bond donors (Lipinski definition) is 3. The highest BCUT2D eigenvalue weighted by Crippen LogP contribution is 2.13. The fraction of sp³-hybridized carbons (Fsp3) is 0.833. The molecule has 0 bridgehead atoms. The van der Waals surface area contributed by atoms with Crippen molar-refractivity contribution in [3.8, 4) is 0 Å². The first-order chi connectivity index (χ1) is 8.91. The number of carbonyl (C=O) groups excluding carboxylic acids is 1. The molecule has 2 atom stereocenters. The molecule has 19 heavy (non-hydrogen) atoms. The van der Waals surface area contributed by atoms with Crippen LogP contribution in [0.15, 0.2) is 0 Å². The number of aliphatic hydroxyl groups is 1. The highest BCUT2D eigenvalue weighted by Gasteiger charge is 2.24. The van der Waals surface area contributed by atoms with Gasteiger partial charge in [-0.3, -0.25) is 0 Å². The molecule has 1 rings (SSSR count). The molecule has 0 saturated carbocycles. The number of carboxylic acid groups (broad SMARTS) is 1. The molecular weight excluding hydrogens is 250 g/mol. The number of urea groups is 1. The summed E-state index contributed by atoms with van der Waals surface area (Å²) in [6, 6.07) is 0.174. The van der Waals surface area contributed by atoms with E-state index in [1.807, 2.05) is 14.1 Å². The number of likely N-dealkylation sites (tertiary alicyclic amines) is 1. The van der Waals surface area contributed by atoms with E-state index in [0.29, 0.717) is 12.6 Å². The van der Waals surface area contributed by atoms with Crippen LogP contribution in [0.1, 0.15) is 19.3 Å². The van der Waals surface area contributed by atoms with Gasteiger partial charge in [-0.15, -0.1) is 0 Å². The van der Waals surface area contributed by atoms with Crippen molar-refractivity contribution >= 4 is 12.0 Å². The van der Waals surface area contributed by atoms with E-state index in [2.05, 4.69) is 10.2 Å². The van der Waals surface area contributed by atoms with Crippen LogP contribution < -0.4 is 5.32 Å². The average Bonchev–Trinajstić information content (AvgIpc) is 2.38. The number of hydrogen-bond acceptors (Lipinski definition) is 4. The zero-order chi connectivity index (χ0) is 14.4. The van der Waals surface area contributed by atoms with Gasteiger partial charge < -0.3 is 25.3 Å². The first-order valence-electron chi connectivity index (χ1n) is 6.52. The fourth-order valence-corrected chi connectivity index (χ4v) is 2.11. The maximum atomic E-state index is 11.9. The summed E-state index contributed by atoms with van der Waals surface area (Å²) in [6.45, 7) is 1.56. The van der Waals surface area contributed by atoms with E-state index in [4.69, 9.17) is 10.2 Å². The molecule has 1 heterocycles. The standard InChI is InChI=1S/C12H23N3O4/c1-14(2)9-4-3-7-15(8-9)12(19)13-6-5-10(16)11(17)18/h9-10,16H,3-8H2,1-2H3,(H,13,19)(H,17,18). The number of nitrogens with one attached hydrogen (secondary N) is 1. The second-order valence-electron chi connectivity index (χ2n) is 5.08. The Morgan fingerprint density at radius 1 is 1.47 bits per heavy atom. The van der Waals surface area contributed by atoms with Crippen molar-refractivity contribution < 1.29 is 19.8 Å². The van der Waals surface area contributed by atoms with E-state index in [0.717, 1.165) is 19.4 Å². The van der Waals surface area contributed by atoms with Crippen LogP contribution >= 0.6 is 0 Å². The molecule has 0 radical (unpaired) electrons. The van der Waals surface area contributed by atoms with Crippen molar-refractivity contribution in [3.63, 3.8) is 0 Å². The van der Waals surface area contributed by atoms with Crippen LogP contribution in [0.5, 0.6) is 0 Å². The summed E-state index contributed by atoms with van der Waals surface area (Å²) in [6.07, 6.45) is 0.644. The topological polar surface area (TPSA) is 93.1 Å². The Kier molecular flexibility index (Phi) is 6.04. The Hall–Kier alpha value is -1.34. The van der Waals surface area contributed by atoms with Gasteiger partial charge in [-0.1, -0.05) is 0 Å². The number of likely N-dealkylation sites (N-methyl/N-ethyl adjacent to an activating group) is 1. The minimum atomic E-state index is -1.42. The largest absolute Gasteiger partial charge is 0.479 e. The van der Waals surface area contributed by atoms with E-state index >= 15 is 0 Å². The first kappa shape index (κ1) is 15.7. The molecule has 0 aromatic rings. The molecule has 1 aliphatic heterocycles. The lowest BCUT2D eigenvalue weighted by molar-refractivity contribution is -0.146. The molecule has 7 heteroatoms. The van der Waals surface area contributed by atoms with Gasteiger partial charge in [0.1, 0.15) is 0 Å². The van der Waals surface area contributed by atoms with Crippen molar-refractivity contribution in [1.29, 1.82) is 0 Å². The smallest absolute Gasteiger partial charge is 0.332 e. The van der Waals surface area contributed by atoms with Gasteiger partial charge in [0.05, 0.1) is 0 Å². The molecule has 3 N–H and O–H groups in total. The molecule has 0 aliphatic carbocycles. The number of nitrogens with zero attached hydrogens (tertiary/aromatic N) is 2. The molecule has 0 spiro atoms. The van der Waals surface area contributed by atoms with Crippen molar-refractivity contribution in [2.24, 2.45) is 0 Å². The zero-order valence-electron chi connectivity index (χ0n) is 11.5. The number of rotatable bonds is 5. The summed E-state index contributed by atoms with van der Waals surface area (Å²) >= 11 is 0. The van der Waals surface area contributed by atoms with E-state index in [1.165, 1.54) is 0 Å². The number of amides is 2. The molecule has 2 amide bonds. The molecule has 1 fully saturated rings. The van der Waals surface area contributed by atoms with Crippen molar-refractivity contribution in [2.45, 2.75) is 31.4 Å². The quantitative estimate of drug-likeness (QED) is 0.631. The van der Waals surface area contributed by atoms with E-state index in [9.17, 15) is 9.59 Å². The fourth-order valence-electron chi connectivity index (χ4n) is 2.11.